The van der Waals surface area contributed by atoms with E-state index in [4.69, 9.17) is 21.3 Å². The predicted octanol–water partition coefficient (Wildman–Crippen LogP) is 3.41. The quantitative estimate of drug-likeness (QED) is 0.471. The van der Waals surface area contributed by atoms with Crippen LogP contribution in [0.15, 0.2) is 24.3 Å². The van der Waals surface area contributed by atoms with Crippen LogP contribution in [-0.2, 0) is 17.7 Å². The molecule has 212 valence electrons. The molecule has 39 heavy (non-hydrogen) atoms. The van der Waals surface area contributed by atoms with Gasteiger partial charge in [-0.2, -0.15) is 0 Å². The van der Waals surface area contributed by atoms with E-state index in [-0.39, 0.29) is 11.8 Å². The molecule has 0 unspecified atom stereocenters. The Morgan fingerprint density at radius 3 is 2.46 bits per heavy atom. The van der Waals surface area contributed by atoms with Gasteiger partial charge >= 0.3 is 0 Å². The molecule has 9 nitrogen and oxygen atoms in total. The van der Waals surface area contributed by atoms with Crippen molar-refractivity contribution < 1.29 is 14.3 Å². The first-order valence-electron chi connectivity index (χ1n) is 14.5. The first kappa shape index (κ1) is 28.1. The minimum atomic E-state index is -0.164. The van der Waals surface area contributed by atoms with Gasteiger partial charge in [-0.1, -0.05) is 31.0 Å². The van der Waals surface area contributed by atoms with E-state index in [1.54, 1.807) is 29.2 Å². The lowest BCUT2D eigenvalue weighted by atomic mass is 10.1. The Labute approximate surface area is 236 Å². The van der Waals surface area contributed by atoms with E-state index in [0.717, 1.165) is 97.0 Å². The Bertz CT molecular complexity index is 1140. The zero-order valence-electron chi connectivity index (χ0n) is 23.1. The number of carbonyl (C=O) groups excluding carboxylic acids is 2. The number of rotatable bonds is 9. The lowest BCUT2D eigenvalue weighted by Gasteiger charge is -2.36. The predicted molar refractivity (Wildman–Crippen MR) is 153 cm³/mol. The smallest absolute Gasteiger partial charge is 0.274 e. The average Bonchev–Trinajstić information content (AvgIpc) is 3.36. The van der Waals surface area contributed by atoms with Gasteiger partial charge < -0.3 is 14.2 Å². The summed E-state index contributed by atoms with van der Waals surface area (Å²) < 4.78 is 7.54. The van der Waals surface area contributed by atoms with Crippen LogP contribution >= 0.6 is 11.6 Å². The molecule has 5 rings (SSSR count). The summed E-state index contributed by atoms with van der Waals surface area (Å²) in [5.41, 5.74) is 1.08. The molecule has 1 aromatic carbocycles. The maximum atomic E-state index is 14.1. The van der Waals surface area contributed by atoms with Crippen LogP contribution in [0.1, 0.15) is 59.3 Å². The highest BCUT2D eigenvalue weighted by atomic mass is 35.5. The highest BCUT2D eigenvalue weighted by Crippen LogP contribution is 2.30. The number of morpholine rings is 1. The van der Waals surface area contributed by atoms with E-state index in [1.807, 2.05) is 4.90 Å². The fraction of sp³-hybridized carbons (Fsp3) is 0.621. The third kappa shape index (κ3) is 6.65. The van der Waals surface area contributed by atoms with Crippen molar-refractivity contribution in [3.05, 3.63) is 46.4 Å². The third-order valence-electron chi connectivity index (χ3n) is 8.07. The van der Waals surface area contributed by atoms with Crippen LogP contribution in [0.5, 0.6) is 0 Å². The minimum Gasteiger partial charge on any atom is -0.379 e. The fourth-order valence-corrected chi connectivity index (χ4v) is 5.89. The molecule has 3 aliphatic heterocycles. The van der Waals surface area contributed by atoms with Crippen LogP contribution in [0.3, 0.4) is 0 Å². The number of fused-ring (bicyclic) bond motifs is 1. The van der Waals surface area contributed by atoms with Crippen LogP contribution in [0, 0.1) is 0 Å². The van der Waals surface area contributed by atoms with Crippen LogP contribution in [0.25, 0.3) is 0 Å². The van der Waals surface area contributed by atoms with Crippen LogP contribution in [-0.4, -0.2) is 108 Å². The Kier molecular flexibility index (Phi) is 9.55. The van der Waals surface area contributed by atoms with Crippen molar-refractivity contribution in [2.24, 2.45) is 0 Å². The maximum Gasteiger partial charge on any atom is 0.274 e. The van der Waals surface area contributed by atoms with Gasteiger partial charge in [0.2, 0.25) is 0 Å². The molecule has 0 aliphatic carbocycles. The van der Waals surface area contributed by atoms with Crippen molar-refractivity contribution >= 4 is 29.2 Å². The number of anilines is 1. The molecule has 0 atom stereocenters. The number of halogens is 1. The van der Waals surface area contributed by atoms with E-state index >= 15 is 0 Å². The molecule has 2 saturated heterocycles. The number of hydrogen-bond donors (Lipinski definition) is 0. The molecule has 2 aromatic rings. The Morgan fingerprint density at radius 2 is 1.74 bits per heavy atom. The molecular formula is C29H41ClN6O3. The van der Waals surface area contributed by atoms with Gasteiger partial charge in [0.25, 0.3) is 11.8 Å². The maximum absolute atomic E-state index is 14.1. The monoisotopic (exact) mass is 556 g/mol. The molecule has 4 heterocycles. The molecule has 2 amide bonds. The third-order valence-corrected chi connectivity index (χ3v) is 8.30. The van der Waals surface area contributed by atoms with Gasteiger partial charge in [0.1, 0.15) is 5.82 Å². The van der Waals surface area contributed by atoms with Crippen LogP contribution in [0.4, 0.5) is 5.82 Å². The second kappa shape index (κ2) is 13.3. The summed E-state index contributed by atoms with van der Waals surface area (Å²) >= 11 is 6.22. The molecule has 3 aliphatic rings. The summed E-state index contributed by atoms with van der Waals surface area (Å²) in [5, 5.41) is 0.517. The summed E-state index contributed by atoms with van der Waals surface area (Å²) in [6.45, 7) is 12.1. The zero-order valence-corrected chi connectivity index (χ0v) is 23.9. The molecule has 0 radical (unpaired) electrons. The highest BCUT2D eigenvalue weighted by Gasteiger charge is 2.34. The number of benzene rings is 1. The van der Waals surface area contributed by atoms with Gasteiger partial charge in [0.05, 0.1) is 13.2 Å². The number of carbonyl (C=O) groups is 2. The number of piperazine rings is 1. The Morgan fingerprint density at radius 1 is 1.00 bits per heavy atom. The van der Waals surface area contributed by atoms with Crippen molar-refractivity contribution in [1.29, 1.82) is 0 Å². The van der Waals surface area contributed by atoms with Gasteiger partial charge in [-0.15, -0.1) is 0 Å². The van der Waals surface area contributed by atoms with Crippen LogP contribution in [0.2, 0.25) is 5.02 Å². The molecule has 0 saturated carbocycles. The molecule has 0 N–H and O–H groups in total. The number of nitrogens with zero attached hydrogens (tertiary/aromatic N) is 6. The summed E-state index contributed by atoms with van der Waals surface area (Å²) in [4.78, 5) is 41.4. The van der Waals surface area contributed by atoms with E-state index < -0.39 is 0 Å². The standard InChI is InChI=1S/C29H41ClN6O3/c1-2-3-10-36(28(37)23-7-6-8-24(30)22-23)27-26(35-11-5-4-9-25(35)31-27)29(38)34-16-14-32(15-17-34)12-13-33-18-20-39-21-19-33/h6-8,22H,2-5,9-21H2,1H3. The van der Waals surface area contributed by atoms with Crippen molar-refractivity contribution in [1.82, 2.24) is 24.3 Å². The van der Waals surface area contributed by atoms with Crippen LogP contribution < -0.4 is 4.90 Å². The average molecular weight is 557 g/mol. The largest absolute Gasteiger partial charge is 0.379 e. The fourth-order valence-electron chi connectivity index (χ4n) is 5.70. The lowest BCUT2D eigenvalue weighted by molar-refractivity contribution is 0.0292. The minimum absolute atomic E-state index is 0.0149. The van der Waals surface area contributed by atoms with E-state index in [2.05, 4.69) is 21.3 Å². The molecule has 10 heteroatoms. The van der Waals surface area contributed by atoms with Gasteiger partial charge in [-0.25, -0.2) is 4.98 Å². The number of amides is 2. The van der Waals surface area contributed by atoms with E-state index in [9.17, 15) is 9.59 Å². The summed E-state index contributed by atoms with van der Waals surface area (Å²) in [6, 6.07) is 7.02. The molecule has 0 spiro atoms. The number of hydrogen-bond acceptors (Lipinski definition) is 6. The molecule has 0 bridgehead atoms. The Hall–Kier alpha value is -2.46. The summed E-state index contributed by atoms with van der Waals surface area (Å²) in [7, 11) is 0. The first-order valence-corrected chi connectivity index (χ1v) is 14.9. The number of aromatic nitrogens is 2. The topological polar surface area (TPSA) is 74.2 Å². The number of imidazole rings is 1. The van der Waals surface area contributed by atoms with Crippen molar-refractivity contribution in [2.45, 2.75) is 45.6 Å². The number of aryl methyl sites for hydroxylation is 1. The van der Waals surface area contributed by atoms with E-state index in [1.165, 1.54) is 0 Å². The summed E-state index contributed by atoms with van der Waals surface area (Å²) in [5.74, 6) is 1.23. The van der Waals surface area contributed by atoms with Crippen molar-refractivity contribution in [2.75, 3.05) is 77.0 Å². The van der Waals surface area contributed by atoms with Gasteiger partial charge in [-0.05, 0) is 37.5 Å². The number of unbranched alkanes of at least 4 members (excludes halogenated alkanes) is 1. The normalized spacial score (nSPS) is 18.7. The van der Waals surface area contributed by atoms with Gasteiger partial charge in [0.15, 0.2) is 11.5 Å². The molecule has 1 aromatic heterocycles. The molecule has 2 fully saturated rings. The lowest BCUT2D eigenvalue weighted by Crippen LogP contribution is -2.51. The second-order valence-electron chi connectivity index (χ2n) is 10.7. The molecular weight excluding hydrogens is 516 g/mol. The van der Waals surface area contributed by atoms with Crippen molar-refractivity contribution in [3.63, 3.8) is 0 Å². The Balaban J connectivity index is 1.35. The summed E-state index contributed by atoms with van der Waals surface area (Å²) in [6.07, 6.45) is 4.63. The van der Waals surface area contributed by atoms with Gasteiger partial charge in [0, 0.05) is 82.5 Å². The van der Waals surface area contributed by atoms with Gasteiger partial charge in [-0.3, -0.25) is 24.3 Å². The first-order chi connectivity index (χ1) is 19.0. The van der Waals surface area contributed by atoms with E-state index in [0.29, 0.717) is 41.7 Å². The zero-order chi connectivity index (χ0) is 27.2. The number of ether oxygens (including phenoxy) is 1. The van der Waals surface area contributed by atoms with Crippen molar-refractivity contribution in [3.8, 4) is 0 Å². The highest BCUT2D eigenvalue weighted by molar-refractivity contribution is 6.31. The SMILES string of the molecule is CCCCN(C(=O)c1cccc(Cl)c1)c1nc2n(c1C(=O)N1CCN(CCN3CCOCC3)CC1)CCCC2. The second-order valence-corrected chi connectivity index (χ2v) is 11.2.